The lowest BCUT2D eigenvalue weighted by Crippen LogP contribution is -2.71. The van der Waals surface area contributed by atoms with E-state index in [0.717, 1.165) is 38.8 Å². The molecule has 7 rings (SSSR count). The van der Waals surface area contributed by atoms with Crippen molar-refractivity contribution in [2.24, 2.45) is 4.40 Å². The van der Waals surface area contributed by atoms with Gasteiger partial charge in [0.1, 0.15) is 5.84 Å². The summed E-state index contributed by atoms with van der Waals surface area (Å²) >= 11 is 0. The molecule has 2 aliphatic rings. The Bertz CT molecular complexity index is 1970. The highest BCUT2D eigenvalue weighted by molar-refractivity contribution is 7.90. The number of benzene rings is 5. The molecule has 0 aliphatic carbocycles. The molecule has 2 atom stereocenters. The predicted molar refractivity (Wildman–Crippen MR) is 163 cm³/mol. The van der Waals surface area contributed by atoms with Crippen LogP contribution < -0.4 is 9.80 Å². The monoisotopic (exact) mass is 557 g/mol. The molecule has 41 heavy (non-hydrogen) atoms. The second-order valence-corrected chi connectivity index (χ2v) is 12.2. The van der Waals surface area contributed by atoms with Crippen LogP contribution in [0.15, 0.2) is 131 Å². The molecule has 5 aromatic carbocycles. The number of hydrogen-bond donors (Lipinski definition) is 0. The van der Waals surface area contributed by atoms with Crippen molar-refractivity contribution >= 4 is 43.9 Å². The van der Waals surface area contributed by atoms with Gasteiger partial charge in [-0.05, 0) is 42.1 Å². The number of hydrogen-bond acceptors (Lipinski definition) is 3. The van der Waals surface area contributed by atoms with Gasteiger partial charge in [0.2, 0.25) is 0 Å². The van der Waals surface area contributed by atoms with E-state index in [4.69, 9.17) is 0 Å². The van der Waals surface area contributed by atoms with Crippen LogP contribution in [-0.2, 0) is 20.4 Å². The summed E-state index contributed by atoms with van der Waals surface area (Å²) in [5.74, 6) is -0.458. The Balaban J connectivity index is 1.57. The topological polar surface area (TPSA) is 70.0 Å². The molecule has 1 saturated heterocycles. The Morgan fingerprint density at radius 3 is 2.15 bits per heavy atom. The molecule has 6 nitrogen and oxygen atoms in total. The van der Waals surface area contributed by atoms with Crippen LogP contribution in [0.25, 0.3) is 10.8 Å². The normalized spacial score (nSPS) is 21.0. The Labute approximate surface area is 239 Å². The number of amides is 1. The number of rotatable bonds is 4. The van der Waals surface area contributed by atoms with Gasteiger partial charge < -0.3 is 9.80 Å². The molecule has 202 valence electrons. The molecular formula is C34H27N3O3S. The number of likely N-dealkylation sites (N-methyl/N-ethyl adjacent to an activating group) is 1. The third kappa shape index (κ3) is 3.59. The Kier molecular flexibility index (Phi) is 5.63. The number of carbonyl (C=O) groups excluding carboxylic acids is 1. The predicted octanol–water partition coefficient (Wildman–Crippen LogP) is 6.41. The molecule has 0 saturated carbocycles. The molecular weight excluding hydrogens is 530 g/mol. The van der Waals surface area contributed by atoms with Gasteiger partial charge in [0.15, 0.2) is 5.54 Å². The van der Waals surface area contributed by atoms with Crippen LogP contribution in [0.3, 0.4) is 0 Å². The third-order valence-electron chi connectivity index (χ3n) is 8.24. The number of amidine groups is 1. The average Bonchev–Trinajstić information content (AvgIpc) is 3.22. The Morgan fingerprint density at radius 2 is 1.37 bits per heavy atom. The van der Waals surface area contributed by atoms with Gasteiger partial charge in [-0.15, -0.1) is 4.40 Å². The number of nitrogens with zero attached hydrogens (tertiary/aromatic N) is 3. The van der Waals surface area contributed by atoms with Crippen LogP contribution in [0.1, 0.15) is 22.6 Å². The number of fused-ring (bicyclic) bond motifs is 3. The van der Waals surface area contributed by atoms with Crippen molar-refractivity contribution in [2.75, 3.05) is 16.8 Å². The lowest BCUT2D eigenvalue weighted by Gasteiger charge is -2.57. The molecule has 7 heteroatoms. The smallest absolute Gasteiger partial charge is 0.283 e. The summed E-state index contributed by atoms with van der Waals surface area (Å²) < 4.78 is 32.2. The Hall–Kier alpha value is -4.75. The highest BCUT2D eigenvalue weighted by Crippen LogP contribution is 2.61. The van der Waals surface area contributed by atoms with E-state index in [1.54, 1.807) is 36.2 Å². The average molecular weight is 558 g/mol. The summed E-state index contributed by atoms with van der Waals surface area (Å²) in [5.41, 5.74) is 2.89. The Morgan fingerprint density at radius 1 is 0.732 bits per heavy atom. The second-order valence-electron chi connectivity index (χ2n) is 10.6. The molecule has 1 amide bonds. The van der Waals surface area contributed by atoms with E-state index in [9.17, 15) is 13.2 Å². The van der Waals surface area contributed by atoms with Crippen LogP contribution >= 0.6 is 0 Å². The van der Waals surface area contributed by atoms with Crippen molar-refractivity contribution in [1.82, 2.24) is 0 Å². The first-order chi connectivity index (χ1) is 19.8. The van der Waals surface area contributed by atoms with E-state index in [0.29, 0.717) is 5.84 Å². The molecule has 2 aliphatic heterocycles. The molecule has 0 N–H and O–H groups in total. The van der Waals surface area contributed by atoms with E-state index in [-0.39, 0.29) is 10.8 Å². The number of aryl methyl sites for hydroxylation is 1. The fraction of sp³-hybridized carbons (Fsp3) is 0.118. The van der Waals surface area contributed by atoms with Gasteiger partial charge in [0.05, 0.1) is 16.5 Å². The van der Waals surface area contributed by atoms with Gasteiger partial charge in [0, 0.05) is 23.7 Å². The molecule has 0 unspecified atom stereocenters. The number of para-hydroxylation sites is 1. The molecule has 0 bridgehead atoms. The van der Waals surface area contributed by atoms with Crippen LogP contribution in [0.2, 0.25) is 0 Å². The summed E-state index contributed by atoms with van der Waals surface area (Å²) in [7, 11) is -2.33. The van der Waals surface area contributed by atoms with Gasteiger partial charge in [-0.2, -0.15) is 8.42 Å². The number of carbonyl (C=O) groups is 1. The van der Waals surface area contributed by atoms with E-state index in [1.165, 1.54) is 0 Å². The third-order valence-corrected chi connectivity index (χ3v) is 9.53. The van der Waals surface area contributed by atoms with Crippen molar-refractivity contribution in [1.29, 1.82) is 0 Å². The summed E-state index contributed by atoms with van der Waals surface area (Å²) in [6.07, 6.45) is 0. The van der Waals surface area contributed by atoms with Crippen molar-refractivity contribution in [2.45, 2.75) is 23.3 Å². The lowest BCUT2D eigenvalue weighted by molar-refractivity contribution is -0.123. The molecule has 1 fully saturated rings. The van der Waals surface area contributed by atoms with E-state index in [1.807, 2.05) is 109 Å². The minimum Gasteiger partial charge on any atom is -0.313 e. The standard InChI is InChI=1S/C34H27N3O3S/c1-23-19-21-26(22-20-23)41(39,40)35-32-31(25-12-4-3-5-13-25)34(28-16-8-9-17-30(28)36(2)33(34)38)37(32)29-18-10-14-24-11-6-7-15-27(24)29/h3-22,31H,1-2H3/b35-32+/t31-,34+/m0/s1. The first-order valence-electron chi connectivity index (χ1n) is 13.5. The zero-order valence-corrected chi connectivity index (χ0v) is 23.4. The van der Waals surface area contributed by atoms with E-state index in [2.05, 4.69) is 4.40 Å². The largest absolute Gasteiger partial charge is 0.313 e. The maximum atomic E-state index is 14.6. The zero-order chi connectivity index (χ0) is 28.4. The van der Waals surface area contributed by atoms with Gasteiger partial charge >= 0.3 is 0 Å². The SMILES string of the molecule is Cc1ccc(S(=O)(=O)/N=C2\[C@H](c3ccccc3)[C@]3(C(=O)N(C)c4ccccc43)N2c2cccc3ccccc23)cc1. The van der Waals surface area contributed by atoms with Crippen LogP contribution in [-0.4, -0.2) is 27.2 Å². The minimum absolute atomic E-state index is 0.108. The zero-order valence-electron chi connectivity index (χ0n) is 22.6. The van der Waals surface area contributed by atoms with E-state index >= 15 is 0 Å². The first-order valence-corrected chi connectivity index (χ1v) is 14.9. The lowest BCUT2D eigenvalue weighted by atomic mass is 9.65. The maximum Gasteiger partial charge on any atom is 0.283 e. The van der Waals surface area contributed by atoms with Crippen molar-refractivity contribution in [3.05, 3.63) is 138 Å². The van der Waals surface area contributed by atoms with Crippen LogP contribution in [0.4, 0.5) is 11.4 Å². The molecule has 5 aromatic rings. The molecule has 1 spiro atoms. The summed E-state index contributed by atoms with van der Waals surface area (Å²) in [6, 6.07) is 37.8. The number of sulfonamides is 1. The van der Waals surface area contributed by atoms with Gasteiger partial charge in [-0.1, -0.05) is 103 Å². The first kappa shape index (κ1) is 25.2. The minimum atomic E-state index is -4.11. The fourth-order valence-electron chi connectivity index (χ4n) is 6.36. The van der Waals surface area contributed by atoms with Gasteiger partial charge in [-0.3, -0.25) is 4.79 Å². The highest BCUT2D eigenvalue weighted by Gasteiger charge is 2.70. The van der Waals surface area contributed by atoms with Crippen molar-refractivity contribution < 1.29 is 13.2 Å². The molecule has 0 aromatic heterocycles. The van der Waals surface area contributed by atoms with Crippen molar-refractivity contribution in [3.63, 3.8) is 0 Å². The quantitative estimate of drug-likeness (QED) is 0.256. The van der Waals surface area contributed by atoms with Crippen molar-refractivity contribution in [3.8, 4) is 0 Å². The fourth-order valence-corrected chi connectivity index (χ4v) is 7.37. The van der Waals surface area contributed by atoms with Gasteiger partial charge in [0.25, 0.3) is 15.9 Å². The summed E-state index contributed by atoms with van der Waals surface area (Å²) in [5, 5.41) is 1.89. The summed E-state index contributed by atoms with van der Waals surface area (Å²) in [6.45, 7) is 1.91. The maximum absolute atomic E-state index is 14.6. The van der Waals surface area contributed by atoms with E-state index < -0.39 is 21.5 Å². The van der Waals surface area contributed by atoms with Crippen LogP contribution in [0, 0.1) is 6.92 Å². The molecule has 0 radical (unpaired) electrons. The summed E-state index contributed by atoms with van der Waals surface area (Å²) in [4.78, 5) is 18.2. The van der Waals surface area contributed by atoms with Gasteiger partial charge in [-0.25, -0.2) is 0 Å². The second kappa shape index (κ2) is 9.14. The number of anilines is 2. The molecule has 2 heterocycles. The highest BCUT2D eigenvalue weighted by atomic mass is 32.2. The van der Waals surface area contributed by atoms with Crippen LogP contribution in [0.5, 0.6) is 0 Å².